The molecule has 8 amide bonds. The highest BCUT2D eigenvalue weighted by Gasteiger charge is 2.28. The van der Waals surface area contributed by atoms with E-state index in [0.717, 1.165) is 0 Å². The second-order valence-electron chi connectivity index (χ2n) is 18.0. The van der Waals surface area contributed by atoms with Crippen molar-refractivity contribution in [2.45, 2.75) is 95.3 Å². The number of unbranched alkanes of at least 4 members (excludes halogenated alkanes) is 4. The molecule has 0 heterocycles. The summed E-state index contributed by atoms with van der Waals surface area (Å²) in [7, 11) is 5.44. The second-order valence-corrected chi connectivity index (χ2v) is 18.0. The normalized spacial score (nSPS) is 12.3. The van der Waals surface area contributed by atoms with E-state index in [1.165, 1.54) is 102 Å². The van der Waals surface area contributed by atoms with Crippen molar-refractivity contribution in [3.05, 3.63) is 95.1 Å². The summed E-state index contributed by atoms with van der Waals surface area (Å²) in [6.07, 6.45) is 4.97. The molecule has 0 aliphatic heterocycles. The Bertz CT molecular complexity index is 2740. The van der Waals surface area contributed by atoms with Gasteiger partial charge >= 0.3 is 0 Å². The lowest BCUT2D eigenvalue weighted by Crippen LogP contribution is -2.44. The number of hydrogen-bond donors (Lipinski definition) is 12. The average molecular weight is 1080 g/mol. The first-order chi connectivity index (χ1) is 37.4. The Morgan fingerprint density at radius 3 is 1.13 bits per heavy atom. The highest BCUT2D eigenvalue weighted by molar-refractivity contribution is 6.07. The minimum atomic E-state index is -1.14. The minimum absolute atomic E-state index is 0.0332. The van der Waals surface area contributed by atoms with Crippen LogP contribution in [0.5, 0.6) is 23.0 Å². The standard InChI is InChI=1S/C54H74N12O12/c1-31(48(68)61-32-16-20-43(75-2)36(27-32)47(59)67)60-49(69)37-29-34(18-22-44(37)76-3)63-53(73)41(14-7-6-10-24-55)65-51(71)39-30-35(19-23-46(39)78-5)64-54(74)42(15-9-12-26-57)66-50(70)38-28-33(17-21-45(38)77-4)62-52(72)40(58)13-8-11-25-56/h16-23,27-31,40-42H,6-15,24-26,55-58H2,1-5H3,(H2,59,67)(H,60,69)(H,61,68)(H,62,72)(H,63,73)(H,64,74)(H,65,71)(H,66,70)/t31-,40-,41-,42-/m0/s1. The van der Waals surface area contributed by atoms with Crippen molar-refractivity contribution in [3.63, 3.8) is 0 Å². The summed E-state index contributed by atoms with van der Waals surface area (Å²) in [4.78, 5) is 108. The van der Waals surface area contributed by atoms with E-state index in [0.29, 0.717) is 71.0 Å². The summed E-state index contributed by atoms with van der Waals surface area (Å²) in [6.45, 7) is 2.67. The molecule has 4 aromatic carbocycles. The minimum Gasteiger partial charge on any atom is -0.496 e. The fourth-order valence-electron chi connectivity index (χ4n) is 7.96. The van der Waals surface area contributed by atoms with Gasteiger partial charge in [-0.25, -0.2) is 0 Å². The molecule has 0 fully saturated rings. The van der Waals surface area contributed by atoms with Gasteiger partial charge in [0.05, 0.1) is 56.7 Å². The molecule has 422 valence electrons. The van der Waals surface area contributed by atoms with Crippen LogP contribution in [0.1, 0.15) is 113 Å². The van der Waals surface area contributed by atoms with E-state index in [9.17, 15) is 38.4 Å². The third-order valence-electron chi connectivity index (χ3n) is 12.3. The van der Waals surface area contributed by atoms with E-state index in [2.05, 4.69) is 37.2 Å². The van der Waals surface area contributed by atoms with Gasteiger partial charge in [0, 0.05) is 22.7 Å². The Labute approximate surface area is 453 Å². The molecule has 0 bridgehead atoms. The van der Waals surface area contributed by atoms with Gasteiger partial charge in [0.1, 0.15) is 41.1 Å². The fraction of sp³-hybridized carbons (Fsp3) is 0.407. The number of amides is 8. The van der Waals surface area contributed by atoms with Gasteiger partial charge in [-0.1, -0.05) is 19.3 Å². The van der Waals surface area contributed by atoms with Crippen LogP contribution in [0.2, 0.25) is 0 Å². The number of nitrogens with one attached hydrogen (secondary N) is 7. The Hall–Kier alpha value is -8.32. The van der Waals surface area contributed by atoms with E-state index < -0.39 is 71.4 Å². The van der Waals surface area contributed by atoms with Gasteiger partial charge in [-0.3, -0.25) is 38.4 Å². The van der Waals surface area contributed by atoms with Crippen LogP contribution in [-0.2, 0) is 19.2 Å². The zero-order valence-electron chi connectivity index (χ0n) is 44.7. The lowest BCUT2D eigenvalue weighted by Gasteiger charge is -2.21. The maximum atomic E-state index is 14.2. The molecule has 0 aliphatic carbocycles. The smallest absolute Gasteiger partial charge is 0.255 e. The van der Waals surface area contributed by atoms with Crippen LogP contribution >= 0.6 is 0 Å². The van der Waals surface area contributed by atoms with Crippen molar-refractivity contribution in [2.75, 3.05) is 69.3 Å². The Morgan fingerprint density at radius 2 is 0.744 bits per heavy atom. The van der Waals surface area contributed by atoms with Crippen LogP contribution in [0, 0.1) is 0 Å². The number of carbonyl (C=O) groups excluding carboxylic acids is 8. The number of benzene rings is 4. The van der Waals surface area contributed by atoms with Crippen molar-refractivity contribution in [2.24, 2.45) is 28.7 Å². The van der Waals surface area contributed by atoms with Crippen molar-refractivity contribution < 1.29 is 57.3 Å². The molecule has 0 aromatic heterocycles. The van der Waals surface area contributed by atoms with E-state index in [-0.39, 0.29) is 80.8 Å². The van der Waals surface area contributed by atoms with Crippen molar-refractivity contribution in [3.8, 4) is 23.0 Å². The second kappa shape index (κ2) is 31.7. The van der Waals surface area contributed by atoms with Gasteiger partial charge < -0.3 is 84.8 Å². The third-order valence-corrected chi connectivity index (χ3v) is 12.3. The predicted octanol–water partition coefficient (Wildman–Crippen LogP) is 3.09. The van der Waals surface area contributed by atoms with Crippen LogP contribution in [0.3, 0.4) is 0 Å². The van der Waals surface area contributed by atoms with E-state index >= 15 is 0 Å². The molecule has 4 atom stereocenters. The van der Waals surface area contributed by atoms with Crippen LogP contribution in [-0.4, -0.2) is 119 Å². The van der Waals surface area contributed by atoms with E-state index in [1.807, 2.05) is 0 Å². The zero-order chi connectivity index (χ0) is 57.3. The molecule has 24 heteroatoms. The van der Waals surface area contributed by atoms with E-state index in [4.69, 9.17) is 47.6 Å². The van der Waals surface area contributed by atoms with Crippen molar-refractivity contribution >= 4 is 70.0 Å². The molecule has 0 spiro atoms. The van der Waals surface area contributed by atoms with Crippen LogP contribution < -0.4 is 84.8 Å². The van der Waals surface area contributed by atoms with Gasteiger partial charge in [-0.2, -0.15) is 0 Å². The lowest BCUT2D eigenvalue weighted by atomic mass is 10.0. The number of rotatable bonds is 32. The summed E-state index contributed by atoms with van der Waals surface area (Å²) in [5.74, 6) is -4.61. The quantitative estimate of drug-likeness (QED) is 0.0313. The largest absolute Gasteiger partial charge is 0.496 e. The maximum Gasteiger partial charge on any atom is 0.255 e. The van der Waals surface area contributed by atoms with Gasteiger partial charge in [-0.05, 0) is 144 Å². The van der Waals surface area contributed by atoms with Gasteiger partial charge in [-0.15, -0.1) is 0 Å². The summed E-state index contributed by atoms with van der Waals surface area (Å²) in [5, 5.41) is 19.1. The first-order valence-corrected chi connectivity index (χ1v) is 25.5. The molecule has 0 radical (unpaired) electrons. The van der Waals surface area contributed by atoms with Crippen molar-refractivity contribution in [1.82, 2.24) is 16.0 Å². The molecule has 78 heavy (non-hydrogen) atoms. The fourth-order valence-corrected chi connectivity index (χ4v) is 7.96. The number of nitrogens with two attached hydrogens (primary N) is 5. The van der Waals surface area contributed by atoms with Crippen LogP contribution in [0.15, 0.2) is 72.8 Å². The maximum absolute atomic E-state index is 14.2. The van der Waals surface area contributed by atoms with Gasteiger partial charge in [0.25, 0.3) is 23.6 Å². The summed E-state index contributed by atoms with van der Waals surface area (Å²) in [5.41, 5.74) is 29.4. The summed E-state index contributed by atoms with van der Waals surface area (Å²) >= 11 is 0. The van der Waals surface area contributed by atoms with Crippen molar-refractivity contribution in [1.29, 1.82) is 0 Å². The zero-order valence-corrected chi connectivity index (χ0v) is 44.7. The molecule has 4 aromatic rings. The SMILES string of the molecule is COc1ccc(NC(=O)[C@H](C)NC(=O)c2cc(NC(=O)[C@H](CCCCCN)NC(=O)c3cc(NC(=O)[C@H](CCCCN)NC(=O)c4cc(NC(=O)[C@@H](N)CCCCN)ccc4OC)ccc3OC)ccc2OC)cc1C(N)=O. The first kappa shape index (κ1) is 62.2. The Morgan fingerprint density at radius 1 is 0.423 bits per heavy atom. The number of ether oxygens (including phenoxy) is 4. The highest BCUT2D eigenvalue weighted by atomic mass is 16.5. The predicted molar refractivity (Wildman–Crippen MR) is 296 cm³/mol. The average Bonchev–Trinajstić information content (AvgIpc) is 3.44. The number of anilines is 4. The molecule has 0 saturated carbocycles. The molecular weight excluding hydrogens is 1010 g/mol. The molecule has 0 aliphatic rings. The van der Waals surface area contributed by atoms with Crippen LogP contribution in [0.25, 0.3) is 0 Å². The number of primary amides is 1. The third kappa shape index (κ3) is 18.5. The number of methoxy groups -OCH3 is 4. The lowest BCUT2D eigenvalue weighted by molar-refractivity contribution is -0.118. The number of hydrogen-bond acceptors (Lipinski definition) is 16. The molecule has 0 unspecified atom stereocenters. The van der Waals surface area contributed by atoms with Gasteiger partial charge in [0.2, 0.25) is 23.6 Å². The van der Waals surface area contributed by atoms with Crippen LogP contribution in [0.4, 0.5) is 22.7 Å². The first-order valence-electron chi connectivity index (χ1n) is 25.5. The number of carbonyl (C=O) groups is 8. The molecule has 17 N–H and O–H groups in total. The van der Waals surface area contributed by atoms with Gasteiger partial charge in [0.15, 0.2) is 0 Å². The topological polar surface area (TPSA) is 388 Å². The monoisotopic (exact) mass is 1080 g/mol. The molecular formula is C54H74N12O12. The Kier molecular flexibility index (Phi) is 25.3. The highest BCUT2D eigenvalue weighted by Crippen LogP contribution is 2.28. The molecule has 0 saturated heterocycles. The summed E-state index contributed by atoms with van der Waals surface area (Å²) in [6, 6.07) is 13.3. The molecule has 4 rings (SSSR count). The Balaban J connectivity index is 1.53. The van der Waals surface area contributed by atoms with E-state index in [1.54, 1.807) is 6.07 Å². The molecule has 24 nitrogen and oxygen atoms in total. The summed E-state index contributed by atoms with van der Waals surface area (Å²) < 4.78 is 21.6.